The Balaban J connectivity index is 0. The molecule has 1 unspecified atom stereocenters. The Morgan fingerprint density at radius 1 is 1.75 bits per heavy atom. The first-order chi connectivity index (χ1) is 3.12. The predicted octanol–water partition coefficient (Wildman–Crippen LogP) is 1.17. The molecule has 1 atom stereocenters. The summed E-state index contributed by atoms with van der Waals surface area (Å²) < 4.78 is 0. The van der Waals surface area contributed by atoms with Gasteiger partial charge in [0.05, 0.1) is 5.54 Å². The van der Waals surface area contributed by atoms with Crippen LogP contribution in [0.1, 0.15) is 20.3 Å². The normalized spacial score (nSPS) is 15.2. The van der Waals surface area contributed by atoms with Crippen LogP contribution in [0.2, 0.25) is 0 Å². The lowest BCUT2D eigenvalue weighted by molar-refractivity contribution is 0.586. The number of hydrogen-bond acceptors (Lipinski definition) is 1. The quantitative estimate of drug-likeness (QED) is 0.534. The second-order valence-electron chi connectivity index (χ2n) is 1.92. The van der Waals surface area contributed by atoms with E-state index < -0.39 is 0 Å². The van der Waals surface area contributed by atoms with Crippen molar-refractivity contribution in [2.24, 2.45) is 5.73 Å². The SMILES string of the molecule is C#CC(C)(N)CC.Cl. The van der Waals surface area contributed by atoms with Gasteiger partial charge in [0.2, 0.25) is 0 Å². The summed E-state index contributed by atoms with van der Waals surface area (Å²) >= 11 is 0. The zero-order valence-electron chi connectivity index (χ0n) is 5.27. The van der Waals surface area contributed by atoms with E-state index >= 15 is 0 Å². The fourth-order valence-corrected chi connectivity index (χ4v) is 0.102. The molecule has 0 aromatic carbocycles. The molecule has 0 radical (unpaired) electrons. The van der Waals surface area contributed by atoms with Crippen molar-refractivity contribution in [3.05, 3.63) is 0 Å². The number of rotatable bonds is 1. The standard InChI is InChI=1S/C6H11N.ClH/c1-4-6(3,7)5-2;/h1H,5,7H2,2-3H3;1H. The zero-order chi connectivity index (χ0) is 5.91. The van der Waals surface area contributed by atoms with E-state index in [9.17, 15) is 0 Å². The van der Waals surface area contributed by atoms with Gasteiger partial charge >= 0.3 is 0 Å². The molecule has 8 heavy (non-hydrogen) atoms. The Morgan fingerprint density at radius 3 is 2.12 bits per heavy atom. The summed E-state index contributed by atoms with van der Waals surface area (Å²) in [5, 5.41) is 0. The van der Waals surface area contributed by atoms with Gasteiger partial charge < -0.3 is 5.73 Å². The molecule has 0 amide bonds. The van der Waals surface area contributed by atoms with Gasteiger partial charge in [0.1, 0.15) is 0 Å². The summed E-state index contributed by atoms with van der Waals surface area (Å²) in [6.07, 6.45) is 5.88. The Bertz CT molecular complexity index is 91.2. The van der Waals surface area contributed by atoms with Crippen molar-refractivity contribution in [3.8, 4) is 12.3 Å². The fraction of sp³-hybridized carbons (Fsp3) is 0.667. The largest absolute Gasteiger partial charge is 0.315 e. The summed E-state index contributed by atoms with van der Waals surface area (Å²) in [5.41, 5.74) is 5.09. The molecule has 0 fully saturated rings. The lowest BCUT2D eigenvalue weighted by Gasteiger charge is -2.12. The molecule has 0 aliphatic carbocycles. The van der Waals surface area contributed by atoms with Gasteiger partial charge in [-0.25, -0.2) is 0 Å². The highest BCUT2D eigenvalue weighted by molar-refractivity contribution is 5.85. The van der Waals surface area contributed by atoms with E-state index in [1.165, 1.54) is 0 Å². The van der Waals surface area contributed by atoms with Crippen molar-refractivity contribution in [3.63, 3.8) is 0 Å². The molecule has 0 heterocycles. The van der Waals surface area contributed by atoms with E-state index in [0.29, 0.717) is 0 Å². The maximum Gasteiger partial charge on any atom is 0.0742 e. The van der Waals surface area contributed by atoms with E-state index in [4.69, 9.17) is 12.2 Å². The first-order valence-electron chi connectivity index (χ1n) is 2.39. The van der Waals surface area contributed by atoms with E-state index in [-0.39, 0.29) is 17.9 Å². The first-order valence-corrected chi connectivity index (χ1v) is 2.39. The molecule has 0 bridgehead atoms. The minimum absolute atomic E-state index is 0. The fourth-order valence-electron chi connectivity index (χ4n) is 0.102. The van der Waals surface area contributed by atoms with Gasteiger partial charge in [-0.3, -0.25) is 0 Å². The number of halogens is 1. The van der Waals surface area contributed by atoms with Crippen molar-refractivity contribution < 1.29 is 0 Å². The van der Waals surface area contributed by atoms with Crippen LogP contribution in [-0.2, 0) is 0 Å². The van der Waals surface area contributed by atoms with Crippen LogP contribution in [-0.4, -0.2) is 5.54 Å². The van der Waals surface area contributed by atoms with Crippen molar-refractivity contribution in [2.75, 3.05) is 0 Å². The van der Waals surface area contributed by atoms with Crippen LogP contribution in [0.5, 0.6) is 0 Å². The molecule has 0 rings (SSSR count). The highest BCUT2D eigenvalue weighted by Crippen LogP contribution is 1.99. The molecule has 0 saturated heterocycles. The van der Waals surface area contributed by atoms with Gasteiger partial charge in [-0.05, 0) is 13.3 Å². The highest BCUT2D eigenvalue weighted by Gasteiger charge is 2.08. The van der Waals surface area contributed by atoms with Gasteiger partial charge in [0.15, 0.2) is 0 Å². The Kier molecular flexibility index (Phi) is 5.05. The van der Waals surface area contributed by atoms with Crippen LogP contribution in [0.4, 0.5) is 0 Å². The molecular formula is C6H12ClN. The smallest absolute Gasteiger partial charge is 0.0742 e. The highest BCUT2D eigenvalue weighted by atomic mass is 35.5. The molecule has 0 aliphatic rings. The Labute approximate surface area is 57.1 Å². The molecule has 48 valence electrons. The zero-order valence-corrected chi connectivity index (χ0v) is 6.09. The average Bonchev–Trinajstić information content (AvgIpc) is 1.68. The molecule has 1 nitrogen and oxygen atoms in total. The van der Waals surface area contributed by atoms with Crippen LogP contribution in [0, 0.1) is 12.3 Å². The summed E-state index contributed by atoms with van der Waals surface area (Å²) in [4.78, 5) is 0. The third kappa shape index (κ3) is 3.98. The van der Waals surface area contributed by atoms with Gasteiger partial charge in [-0.15, -0.1) is 18.8 Å². The van der Waals surface area contributed by atoms with Crippen molar-refractivity contribution in [2.45, 2.75) is 25.8 Å². The van der Waals surface area contributed by atoms with Crippen molar-refractivity contribution >= 4 is 12.4 Å². The van der Waals surface area contributed by atoms with Crippen LogP contribution < -0.4 is 5.73 Å². The van der Waals surface area contributed by atoms with Crippen molar-refractivity contribution in [1.82, 2.24) is 0 Å². The lowest BCUT2D eigenvalue weighted by atomic mass is 10.0. The minimum atomic E-state index is -0.389. The summed E-state index contributed by atoms with van der Waals surface area (Å²) in [6.45, 7) is 3.81. The lowest BCUT2D eigenvalue weighted by Crippen LogP contribution is -2.32. The van der Waals surface area contributed by atoms with E-state index in [2.05, 4.69) is 5.92 Å². The third-order valence-electron chi connectivity index (χ3n) is 1.06. The number of hydrogen-bond donors (Lipinski definition) is 1. The summed E-state index contributed by atoms with van der Waals surface area (Å²) in [7, 11) is 0. The topological polar surface area (TPSA) is 26.0 Å². The molecule has 0 spiro atoms. The summed E-state index contributed by atoms with van der Waals surface area (Å²) in [5.74, 6) is 2.47. The van der Waals surface area contributed by atoms with E-state index in [1.54, 1.807) is 0 Å². The molecule has 0 saturated carbocycles. The molecule has 2 heteroatoms. The van der Waals surface area contributed by atoms with Gasteiger partial charge in [-0.2, -0.15) is 0 Å². The van der Waals surface area contributed by atoms with E-state index in [1.807, 2.05) is 13.8 Å². The molecule has 0 aromatic rings. The molecule has 0 aromatic heterocycles. The second kappa shape index (κ2) is 3.77. The van der Waals surface area contributed by atoms with E-state index in [0.717, 1.165) is 6.42 Å². The average molecular weight is 134 g/mol. The van der Waals surface area contributed by atoms with Crippen LogP contribution in [0.15, 0.2) is 0 Å². The minimum Gasteiger partial charge on any atom is -0.315 e. The summed E-state index contributed by atoms with van der Waals surface area (Å²) in [6, 6.07) is 0. The molecule has 0 aliphatic heterocycles. The van der Waals surface area contributed by atoms with Crippen LogP contribution in [0.25, 0.3) is 0 Å². The third-order valence-corrected chi connectivity index (χ3v) is 1.06. The number of terminal acetylenes is 1. The maximum atomic E-state index is 5.48. The van der Waals surface area contributed by atoms with Gasteiger partial charge in [0.25, 0.3) is 0 Å². The van der Waals surface area contributed by atoms with Gasteiger partial charge in [0, 0.05) is 0 Å². The van der Waals surface area contributed by atoms with Crippen LogP contribution >= 0.6 is 12.4 Å². The van der Waals surface area contributed by atoms with Gasteiger partial charge in [-0.1, -0.05) is 12.8 Å². The monoisotopic (exact) mass is 133 g/mol. The molecular weight excluding hydrogens is 122 g/mol. The van der Waals surface area contributed by atoms with Crippen molar-refractivity contribution in [1.29, 1.82) is 0 Å². The Hall–Kier alpha value is -0.190. The maximum absolute atomic E-state index is 5.48. The first kappa shape index (κ1) is 10.7. The second-order valence-corrected chi connectivity index (χ2v) is 1.92. The number of nitrogens with two attached hydrogens (primary N) is 1. The van der Waals surface area contributed by atoms with Crippen LogP contribution in [0.3, 0.4) is 0 Å². The Morgan fingerprint density at radius 2 is 2.12 bits per heavy atom. The predicted molar refractivity (Wildman–Crippen MR) is 39.0 cm³/mol. The molecule has 2 N–H and O–H groups in total.